The molecule has 4 rings (SSSR count). The first-order valence-corrected chi connectivity index (χ1v) is 14.4. The number of nitrogens with one attached hydrogen (secondary N) is 2. The van der Waals surface area contributed by atoms with E-state index in [-0.39, 0.29) is 11.3 Å². The van der Waals surface area contributed by atoms with Crippen LogP contribution >= 0.6 is 22.6 Å². The Morgan fingerprint density at radius 1 is 1.12 bits per heavy atom. The van der Waals surface area contributed by atoms with E-state index in [1.165, 1.54) is 18.2 Å². The predicted molar refractivity (Wildman–Crippen MR) is 148 cm³/mol. The number of nitrogens with zero attached hydrogens (tertiary/aromatic N) is 2. The maximum atomic E-state index is 15.7. The average Bonchev–Trinajstić information content (AvgIpc) is 2.85. The number of aromatic nitrogens is 1. The number of hydrogen-bond acceptors (Lipinski definition) is 6. The van der Waals surface area contributed by atoms with Gasteiger partial charge < -0.3 is 5.32 Å². The number of carbonyl (C=O) groups excluding carboxylic acids is 1. The Kier molecular flexibility index (Phi) is 8.58. The normalized spacial score (nSPS) is 14.4. The molecule has 1 aromatic heterocycles. The Labute approximate surface area is 241 Å². The van der Waals surface area contributed by atoms with Gasteiger partial charge in [-0.25, -0.2) is 37.5 Å². The molecule has 9 nitrogen and oxygen atoms in total. The second-order valence-corrected chi connectivity index (χ2v) is 12.1. The van der Waals surface area contributed by atoms with Gasteiger partial charge in [-0.1, -0.05) is 0 Å². The van der Waals surface area contributed by atoms with Crippen molar-refractivity contribution in [2.45, 2.75) is 38.1 Å². The highest BCUT2D eigenvalue weighted by Gasteiger charge is 2.45. The van der Waals surface area contributed by atoms with Gasteiger partial charge in [0.1, 0.15) is 5.82 Å². The van der Waals surface area contributed by atoms with Gasteiger partial charge in [0, 0.05) is 16.2 Å². The zero-order valence-corrected chi connectivity index (χ0v) is 24.2. The highest BCUT2D eigenvalue weighted by molar-refractivity contribution is 14.1. The first-order chi connectivity index (χ1) is 18.8. The minimum absolute atomic E-state index is 0.227. The van der Waals surface area contributed by atoms with Crippen LogP contribution in [0, 0.1) is 26.8 Å². The topological polar surface area (TPSA) is 127 Å². The molecule has 1 aliphatic carbocycles. The van der Waals surface area contributed by atoms with Gasteiger partial charge in [-0.3, -0.25) is 9.63 Å². The standard InChI is InChI=1S/C25H24F4IN5O4S/c1-25(7-3-8-25)35(40(31,37)38)23-20(28)13(6-9-32-23)10-14-11-16(24(36)34-39-2)22(21(29)19(14)27)33-18-5-4-15(30)12-17(18)26/h4-6,9,11-12,33H,3,7-8,10H2,1-2H3,(H,34,36)(H2,31,37,38). The maximum Gasteiger partial charge on any atom is 0.300 e. The number of halogens is 5. The first kappa shape index (κ1) is 30.0. The molecular weight excluding hydrogens is 669 g/mol. The molecule has 0 bridgehead atoms. The second kappa shape index (κ2) is 11.5. The minimum atomic E-state index is -4.44. The molecule has 0 unspecified atom stereocenters. The third-order valence-electron chi connectivity index (χ3n) is 6.61. The van der Waals surface area contributed by atoms with E-state index in [4.69, 9.17) is 5.14 Å². The highest BCUT2D eigenvalue weighted by atomic mass is 127. The van der Waals surface area contributed by atoms with Crippen molar-refractivity contribution < 1.29 is 35.6 Å². The summed E-state index contributed by atoms with van der Waals surface area (Å²) in [5.41, 5.74) is -1.04. The molecule has 1 saturated carbocycles. The monoisotopic (exact) mass is 693 g/mol. The smallest absolute Gasteiger partial charge is 0.300 e. The van der Waals surface area contributed by atoms with E-state index in [1.54, 1.807) is 6.92 Å². The Bertz CT molecular complexity index is 1590. The van der Waals surface area contributed by atoms with Crippen molar-refractivity contribution in [1.82, 2.24) is 10.5 Å². The van der Waals surface area contributed by atoms with Crippen LogP contribution < -0.4 is 20.2 Å². The maximum absolute atomic E-state index is 15.7. The van der Waals surface area contributed by atoms with Crippen LogP contribution in [0.15, 0.2) is 36.5 Å². The lowest BCUT2D eigenvalue weighted by Crippen LogP contribution is -2.57. The second-order valence-electron chi connectivity index (χ2n) is 9.41. The Hall–Kier alpha value is -3.02. The molecule has 1 amide bonds. The fourth-order valence-electron chi connectivity index (χ4n) is 4.51. The fourth-order valence-corrected chi connectivity index (χ4v) is 6.13. The van der Waals surface area contributed by atoms with E-state index >= 15 is 13.2 Å². The average molecular weight is 693 g/mol. The first-order valence-electron chi connectivity index (χ1n) is 11.8. The van der Waals surface area contributed by atoms with Crippen LogP contribution in [0.5, 0.6) is 0 Å². The summed E-state index contributed by atoms with van der Waals surface area (Å²) in [5.74, 6) is -6.41. The molecule has 2 aromatic carbocycles. The number of carbonyl (C=O) groups is 1. The number of amides is 1. The number of hydroxylamine groups is 1. The van der Waals surface area contributed by atoms with E-state index in [0.717, 1.165) is 25.4 Å². The molecule has 0 spiro atoms. The lowest BCUT2D eigenvalue weighted by Gasteiger charge is -2.46. The molecular formula is C25H24F4IN5O4S. The van der Waals surface area contributed by atoms with Crippen LogP contribution in [-0.2, 0) is 21.5 Å². The zero-order valence-electron chi connectivity index (χ0n) is 21.2. The van der Waals surface area contributed by atoms with Crippen LogP contribution in [0.1, 0.15) is 47.7 Å². The van der Waals surface area contributed by atoms with E-state index in [0.29, 0.717) is 27.1 Å². The number of hydrogen-bond donors (Lipinski definition) is 3. The third-order valence-corrected chi connectivity index (χ3v) is 8.41. The lowest BCUT2D eigenvalue weighted by molar-refractivity contribution is 0.0538. The van der Waals surface area contributed by atoms with Gasteiger partial charge in [-0.15, -0.1) is 0 Å². The zero-order chi connectivity index (χ0) is 29.4. The van der Waals surface area contributed by atoms with Gasteiger partial charge in [-0.05, 0) is 90.2 Å². The Balaban J connectivity index is 1.79. The molecule has 3 aromatic rings. The molecule has 0 atom stereocenters. The van der Waals surface area contributed by atoms with Crippen LogP contribution in [0.2, 0.25) is 0 Å². The van der Waals surface area contributed by atoms with Crippen molar-refractivity contribution in [3.63, 3.8) is 0 Å². The molecule has 0 aliphatic heterocycles. The van der Waals surface area contributed by atoms with Crippen molar-refractivity contribution in [2.75, 3.05) is 16.7 Å². The summed E-state index contributed by atoms with van der Waals surface area (Å²) in [6.45, 7) is 1.60. The molecule has 0 saturated heterocycles. The summed E-state index contributed by atoms with van der Waals surface area (Å²) in [6, 6.07) is 6.09. The summed E-state index contributed by atoms with van der Waals surface area (Å²) in [5, 5.41) is 7.80. The SMILES string of the molecule is CONC(=O)c1cc(Cc2ccnc(N(C3(C)CCC3)S(N)(=O)=O)c2F)c(F)c(F)c1Nc1ccc(I)cc1F. The van der Waals surface area contributed by atoms with Gasteiger partial charge >= 0.3 is 10.2 Å². The molecule has 15 heteroatoms. The molecule has 1 heterocycles. The number of rotatable bonds is 9. The Morgan fingerprint density at radius 2 is 1.82 bits per heavy atom. The number of pyridine rings is 1. The molecule has 0 radical (unpaired) electrons. The summed E-state index contributed by atoms with van der Waals surface area (Å²) in [4.78, 5) is 21.2. The van der Waals surface area contributed by atoms with Crippen molar-refractivity contribution in [2.24, 2.45) is 5.14 Å². The van der Waals surface area contributed by atoms with Crippen LogP contribution in [0.3, 0.4) is 0 Å². The molecule has 1 aliphatic rings. The molecule has 214 valence electrons. The third kappa shape index (κ3) is 5.87. The minimum Gasteiger partial charge on any atom is -0.350 e. The van der Waals surface area contributed by atoms with Crippen molar-refractivity contribution >= 4 is 55.9 Å². The summed E-state index contributed by atoms with van der Waals surface area (Å²) < 4.78 is 86.9. The summed E-state index contributed by atoms with van der Waals surface area (Å²) >= 11 is 1.87. The molecule has 1 fully saturated rings. The number of nitrogens with two attached hydrogens (primary N) is 1. The Morgan fingerprint density at radius 3 is 2.40 bits per heavy atom. The quantitative estimate of drug-likeness (QED) is 0.168. The van der Waals surface area contributed by atoms with Gasteiger partial charge in [0.15, 0.2) is 23.3 Å². The van der Waals surface area contributed by atoms with Crippen LogP contribution in [0.25, 0.3) is 0 Å². The van der Waals surface area contributed by atoms with Crippen LogP contribution in [-0.4, -0.2) is 32.0 Å². The summed E-state index contributed by atoms with van der Waals surface area (Å²) in [7, 11) is -3.32. The number of anilines is 3. The largest absolute Gasteiger partial charge is 0.350 e. The number of benzene rings is 2. The van der Waals surface area contributed by atoms with Crippen molar-refractivity contribution in [1.29, 1.82) is 0 Å². The van der Waals surface area contributed by atoms with Gasteiger partial charge in [-0.2, -0.15) is 8.42 Å². The van der Waals surface area contributed by atoms with Gasteiger partial charge in [0.2, 0.25) is 0 Å². The van der Waals surface area contributed by atoms with E-state index in [9.17, 15) is 17.6 Å². The van der Waals surface area contributed by atoms with Gasteiger partial charge in [0.25, 0.3) is 5.91 Å². The van der Waals surface area contributed by atoms with Crippen LogP contribution in [0.4, 0.5) is 34.8 Å². The van der Waals surface area contributed by atoms with Crippen molar-refractivity contribution in [3.05, 3.63) is 80.1 Å². The van der Waals surface area contributed by atoms with Gasteiger partial charge in [0.05, 0.1) is 29.6 Å². The van der Waals surface area contributed by atoms with E-state index in [2.05, 4.69) is 15.1 Å². The predicted octanol–water partition coefficient (Wildman–Crippen LogP) is 4.82. The highest BCUT2D eigenvalue weighted by Crippen LogP contribution is 2.42. The lowest BCUT2D eigenvalue weighted by atomic mass is 9.78. The van der Waals surface area contributed by atoms with E-state index < -0.39 is 74.0 Å². The summed E-state index contributed by atoms with van der Waals surface area (Å²) in [6.07, 6.45) is 2.07. The molecule has 4 N–H and O–H groups in total. The van der Waals surface area contributed by atoms with E-state index in [1.807, 2.05) is 28.1 Å². The molecule has 40 heavy (non-hydrogen) atoms. The van der Waals surface area contributed by atoms with Crippen molar-refractivity contribution in [3.8, 4) is 0 Å². The fraction of sp³-hybridized carbons (Fsp3) is 0.280.